The van der Waals surface area contributed by atoms with Crippen molar-refractivity contribution in [3.63, 3.8) is 0 Å². The van der Waals surface area contributed by atoms with Gasteiger partial charge in [-0.15, -0.1) is 0 Å². The van der Waals surface area contributed by atoms with Gasteiger partial charge in [0.15, 0.2) is 0 Å². The molecule has 206 valence electrons. The molecule has 2 fully saturated rings. The summed E-state index contributed by atoms with van der Waals surface area (Å²) in [5.41, 5.74) is 4.90. The molecule has 0 unspecified atom stereocenters. The normalized spacial score (nSPS) is 16.8. The van der Waals surface area contributed by atoms with Crippen LogP contribution in [0.15, 0.2) is 36.8 Å². The second kappa shape index (κ2) is 9.92. The number of amides is 1. The topological polar surface area (TPSA) is 126 Å². The number of aryl methyl sites for hydroxylation is 2. The van der Waals surface area contributed by atoms with E-state index in [1.54, 1.807) is 16.9 Å². The lowest BCUT2D eigenvalue weighted by Gasteiger charge is -2.34. The van der Waals surface area contributed by atoms with Crippen molar-refractivity contribution in [3.05, 3.63) is 53.7 Å². The molecule has 4 aromatic rings. The molecule has 0 bridgehead atoms. The van der Waals surface area contributed by atoms with Gasteiger partial charge in [-0.05, 0) is 50.8 Å². The van der Waals surface area contributed by atoms with E-state index in [1.807, 2.05) is 42.9 Å². The number of nitrogens with zero attached hydrogens (tertiary/aromatic N) is 5. The Hall–Kier alpha value is -3.48. The summed E-state index contributed by atoms with van der Waals surface area (Å²) in [5.74, 6) is -0.256. The molecule has 0 spiro atoms. The summed E-state index contributed by atoms with van der Waals surface area (Å²) >= 11 is 0. The number of hydrogen-bond donors (Lipinski definition) is 3. The van der Waals surface area contributed by atoms with Gasteiger partial charge in [0.05, 0.1) is 41.0 Å². The van der Waals surface area contributed by atoms with Crippen molar-refractivity contribution in [1.29, 1.82) is 0 Å². The molecule has 1 aliphatic carbocycles. The molecule has 6 rings (SSSR count). The first-order valence-electron chi connectivity index (χ1n) is 13.3. The van der Waals surface area contributed by atoms with E-state index < -0.39 is 10.0 Å². The smallest absolute Gasteiger partial charge is 0.257 e. The van der Waals surface area contributed by atoms with Crippen LogP contribution in [0.3, 0.4) is 0 Å². The van der Waals surface area contributed by atoms with Crippen molar-refractivity contribution in [3.8, 4) is 0 Å². The van der Waals surface area contributed by atoms with Gasteiger partial charge in [-0.3, -0.25) is 14.5 Å². The Morgan fingerprint density at radius 2 is 1.82 bits per heavy atom. The van der Waals surface area contributed by atoms with E-state index in [-0.39, 0.29) is 12.5 Å². The molecule has 11 nitrogen and oxygen atoms in total. The van der Waals surface area contributed by atoms with Gasteiger partial charge < -0.3 is 19.9 Å². The zero-order chi connectivity index (χ0) is 27.3. The zero-order valence-electron chi connectivity index (χ0n) is 22.4. The summed E-state index contributed by atoms with van der Waals surface area (Å²) in [4.78, 5) is 20.4. The van der Waals surface area contributed by atoms with Gasteiger partial charge in [-0.1, -0.05) is 0 Å². The first kappa shape index (κ1) is 25.8. The summed E-state index contributed by atoms with van der Waals surface area (Å²) in [6, 6.07) is 7.00. The van der Waals surface area contributed by atoms with Crippen molar-refractivity contribution < 1.29 is 13.2 Å². The lowest BCUT2D eigenvalue weighted by atomic mass is 10.0. The third-order valence-electron chi connectivity index (χ3n) is 7.44. The lowest BCUT2D eigenvalue weighted by Crippen LogP contribution is -2.43. The van der Waals surface area contributed by atoms with Gasteiger partial charge in [0.2, 0.25) is 10.0 Å². The number of piperidine rings is 1. The van der Waals surface area contributed by atoms with Crippen LogP contribution in [0.5, 0.6) is 0 Å². The third-order valence-corrected chi connectivity index (χ3v) is 8.11. The Bertz CT molecular complexity index is 1660. The lowest BCUT2D eigenvalue weighted by molar-refractivity contribution is 0.102. The molecule has 1 aromatic carbocycles. The summed E-state index contributed by atoms with van der Waals surface area (Å²) in [6.07, 6.45) is 11.6. The van der Waals surface area contributed by atoms with Crippen LogP contribution in [0.1, 0.15) is 47.4 Å². The highest BCUT2D eigenvalue weighted by atomic mass is 32.2. The van der Waals surface area contributed by atoms with Crippen LogP contribution < -0.4 is 20.3 Å². The molecule has 2 aliphatic rings. The third kappa shape index (κ3) is 5.63. The number of sulfonamides is 1. The number of rotatable bonds is 8. The van der Waals surface area contributed by atoms with Crippen molar-refractivity contribution >= 4 is 43.7 Å². The summed E-state index contributed by atoms with van der Waals surface area (Å²) < 4.78 is 29.3. The number of nitrogens with one attached hydrogen (secondary N) is 3. The zero-order valence-corrected chi connectivity index (χ0v) is 23.3. The number of anilines is 2. The molecule has 1 saturated carbocycles. The Balaban J connectivity index is 1.24. The number of fused-ring (bicyclic) bond motifs is 2. The molecule has 3 aromatic heterocycles. The predicted molar refractivity (Wildman–Crippen MR) is 152 cm³/mol. The minimum absolute atomic E-state index is 0.0608. The molecule has 3 N–H and O–H groups in total. The molecule has 1 amide bonds. The van der Waals surface area contributed by atoms with Gasteiger partial charge in [0, 0.05) is 61.9 Å². The number of aromatic nitrogens is 4. The number of carbonyl (C=O) groups is 1. The van der Waals surface area contributed by atoms with Gasteiger partial charge in [-0.25, -0.2) is 13.1 Å². The van der Waals surface area contributed by atoms with Crippen LogP contribution in [0.2, 0.25) is 0 Å². The van der Waals surface area contributed by atoms with Crippen molar-refractivity contribution in [2.75, 3.05) is 29.6 Å². The standard InChI is InChI=1S/C27H34N8O3S/c1-17-14-35-15-20(12-25(35)23(29-17)13-28-39(3,37)38)31-27(36)21-6-7-24(22-16-33(2)32-26(21)22)34-10-8-19(9-11-34)30-18-4-5-18/h6-7,12,14-16,18-19,28,30H,4-5,8-11,13H2,1-3H3,(H,31,36). The fraction of sp³-hybridized carbons (Fsp3) is 0.444. The highest BCUT2D eigenvalue weighted by Gasteiger charge is 2.28. The second-order valence-corrected chi connectivity index (χ2v) is 12.6. The molecule has 12 heteroatoms. The van der Waals surface area contributed by atoms with E-state index >= 15 is 0 Å². The van der Waals surface area contributed by atoms with E-state index in [4.69, 9.17) is 0 Å². The first-order chi connectivity index (χ1) is 18.6. The highest BCUT2D eigenvalue weighted by Crippen LogP contribution is 2.32. The number of carbonyl (C=O) groups excluding carboxylic acids is 1. The fourth-order valence-corrected chi connectivity index (χ4v) is 5.85. The van der Waals surface area contributed by atoms with E-state index in [0.717, 1.165) is 55.0 Å². The molecule has 1 saturated heterocycles. The van der Waals surface area contributed by atoms with E-state index in [0.29, 0.717) is 34.0 Å². The molecule has 0 atom stereocenters. The van der Waals surface area contributed by atoms with Crippen LogP contribution in [-0.2, 0) is 23.6 Å². The second-order valence-electron chi connectivity index (χ2n) is 10.8. The van der Waals surface area contributed by atoms with E-state index in [2.05, 4.69) is 30.3 Å². The Morgan fingerprint density at radius 3 is 2.54 bits per heavy atom. The van der Waals surface area contributed by atoms with Crippen LogP contribution >= 0.6 is 0 Å². The number of hydrogen-bond acceptors (Lipinski definition) is 7. The van der Waals surface area contributed by atoms with Crippen molar-refractivity contribution in [2.24, 2.45) is 7.05 Å². The minimum Gasteiger partial charge on any atom is -0.371 e. The molecule has 1 aliphatic heterocycles. The molecular formula is C27H34N8O3S. The summed E-state index contributed by atoms with van der Waals surface area (Å²) in [6.45, 7) is 3.85. The Morgan fingerprint density at radius 1 is 1.08 bits per heavy atom. The molecular weight excluding hydrogens is 516 g/mol. The number of benzene rings is 1. The first-order valence-corrected chi connectivity index (χ1v) is 15.2. The monoisotopic (exact) mass is 550 g/mol. The van der Waals surface area contributed by atoms with Crippen LogP contribution in [0.4, 0.5) is 11.4 Å². The molecule has 4 heterocycles. The Labute approximate surface area is 227 Å². The molecule has 0 radical (unpaired) electrons. The van der Waals surface area contributed by atoms with Gasteiger partial charge in [0.25, 0.3) is 5.91 Å². The fourth-order valence-electron chi connectivity index (χ4n) is 5.45. The van der Waals surface area contributed by atoms with Crippen LogP contribution in [0.25, 0.3) is 16.4 Å². The minimum atomic E-state index is -3.37. The highest BCUT2D eigenvalue weighted by molar-refractivity contribution is 7.88. The summed E-state index contributed by atoms with van der Waals surface area (Å²) in [7, 11) is -1.50. The van der Waals surface area contributed by atoms with Crippen molar-refractivity contribution in [2.45, 2.75) is 51.2 Å². The largest absolute Gasteiger partial charge is 0.371 e. The van der Waals surface area contributed by atoms with E-state index in [1.165, 1.54) is 12.8 Å². The van der Waals surface area contributed by atoms with Gasteiger partial charge in [0.1, 0.15) is 5.52 Å². The molecule has 39 heavy (non-hydrogen) atoms. The maximum atomic E-state index is 13.5. The van der Waals surface area contributed by atoms with Gasteiger partial charge in [-0.2, -0.15) is 5.10 Å². The maximum absolute atomic E-state index is 13.5. The summed E-state index contributed by atoms with van der Waals surface area (Å²) in [5, 5.41) is 12.4. The van der Waals surface area contributed by atoms with Crippen molar-refractivity contribution in [1.82, 2.24) is 29.2 Å². The SMILES string of the molecule is Cc1cn2cc(NC(=O)c3ccc(N4CCC(NC5CC5)CC4)c4cn(C)nc34)cc2c(CNS(C)(=O)=O)n1. The van der Waals surface area contributed by atoms with Gasteiger partial charge >= 0.3 is 0 Å². The average Bonchev–Trinajstić information content (AvgIpc) is 3.46. The maximum Gasteiger partial charge on any atom is 0.257 e. The predicted octanol–water partition coefficient (Wildman–Crippen LogP) is 2.55. The average molecular weight is 551 g/mol. The van der Waals surface area contributed by atoms with E-state index in [9.17, 15) is 13.2 Å². The quantitative estimate of drug-likeness (QED) is 0.308. The van der Waals surface area contributed by atoms with Crippen LogP contribution in [0, 0.1) is 6.92 Å². The Kier molecular flexibility index (Phi) is 6.56. The van der Waals surface area contributed by atoms with Crippen LogP contribution in [-0.4, -0.2) is 64.9 Å².